The maximum Gasteiger partial charge on any atom is 0.301 e. The van der Waals surface area contributed by atoms with Gasteiger partial charge in [0.1, 0.15) is 5.69 Å². The molecule has 19 heavy (non-hydrogen) atoms. The van der Waals surface area contributed by atoms with Gasteiger partial charge in [-0.2, -0.15) is 0 Å². The quantitative estimate of drug-likeness (QED) is 0.789. The smallest absolute Gasteiger partial charge is 0.283 e. The zero-order valence-electron chi connectivity index (χ0n) is 9.95. The zero-order valence-corrected chi connectivity index (χ0v) is 12.2. The summed E-state index contributed by atoms with van der Waals surface area (Å²) in [6.45, 7) is 1.60. The first kappa shape index (κ1) is 14.1. The van der Waals surface area contributed by atoms with Crippen LogP contribution in [0.25, 0.3) is 5.69 Å². The number of benzene rings is 1. The number of nitroso groups, excluding NO2 is 1. The first-order valence-corrected chi connectivity index (χ1v) is 6.28. The monoisotopic (exact) mass is 319 g/mol. The summed E-state index contributed by atoms with van der Waals surface area (Å²) in [6.07, 6.45) is 0. The number of halogens is 3. The third-order valence-corrected chi connectivity index (χ3v) is 3.60. The molecule has 0 spiro atoms. The van der Waals surface area contributed by atoms with Crippen LogP contribution in [0.3, 0.4) is 0 Å². The van der Waals surface area contributed by atoms with Gasteiger partial charge in [0.2, 0.25) is 0 Å². The van der Waals surface area contributed by atoms with Crippen molar-refractivity contribution in [3.63, 3.8) is 0 Å². The topological polar surface area (TPSA) is 56.4 Å². The lowest BCUT2D eigenvalue weighted by atomic mass is 10.3. The second kappa shape index (κ2) is 5.00. The van der Waals surface area contributed by atoms with E-state index in [1.807, 2.05) is 0 Å². The number of rotatable bonds is 2. The molecule has 0 aliphatic heterocycles. The summed E-state index contributed by atoms with van der Waals surface area (Å²) < 4.78 is 2.65. The molecule has 0 amide bonds. The van der Waals surface area contributed by atoms with Gasteiger partial charge in [-0.25, -0.2) is 4.68 Å². The molecule has 0 fully saturated rings. The molecule has 0 saturated heterocycles. The molecule has 8 heteroatoms. The Balaban J connectivity index is 2.88. The summed E-state index contributed by atoms with van der Waals surface area (Å²) in [4.78, 5) is 22.8. The lowest BCUT2D eigenvalue weighted by molar-refractivity contribution is 0.630. The van der Waals surface area contributed by atoms with E-state index in [9.17, 15) is 9.70 Å². The van der Waals surface area contributed by atoms with Crippen molar-refractivity contribution in [3.8, 4) is 5.69 Å². The lowest BCUT2D eigenvalue weighted by Gasteiger charge is -2.12. The Morgan fingerprint density at radius 2 is 1.68 bits per heavy atom. The number of nitrogens with zero attached hydrogens (tertiary/aromatic N) is 3. The van der Waals surface area contributed by atoms with Crippen molar-refractivity contribution >= 4 is 40.5 Å². The molecule has 0 unspecified atom stereocenters. The fourth-order valence-corrected chi connectivity index (χ4v) is 2.77. The van der Waals surface area contributed by atoms with Gasteiger partial charge < -0.3 is 0 Å². The lowest BCUT2D eigenvalue weighted by Crippen LogP contribution is -2.20. The molecule has 1 aromatic carbocycles. The van der Waals surface area contributed by atoms with Crippen LogP contribution in [0.1, 0.15) is 5.69 Å². The van der Waals surface area contributed by atoms with Crippen molar-refractivity contribution in [1.29, 1.82) is 0 Å². The second-order valence-electron chi connectivity index (χ2n) is 3.88. The minimum atomic E-state index is -0.582. The first-order chi connectivity index (χ1) is 8.88. The van der Waals surface area contributed by atoms with Gasteiger partial charge in [0.05, 0.1) is 15.7 Å². The Kier molecular flexibility index (Phi) is 3.71. The van der Waals surface area contributed by atoms with E-state index in [1.54, 1.807) is 14.0 Å². The van der Waals surface area contributed by atoms with Gasteiger partial charge in [0, 0.05) is 12.1 Å². The summed E-state index contributed by atoms with van der Waals surface area (Å²) in [5, 5.41) is 3.50. The van der Waals surface area contributed by atoms with Gasteiger partial charge in [-0.05, 0) is 24.2 Å². The van der Waals surface area contributed by atoms with E-state index in [2.05, 4.69) is 5.18 Å². The summed E-state index contributed by atoms with van der Waals surface area (Å²) >= 11 is 18.0. The minimum Gasteiger partial charge on any atom is -0.283 e. The van der Waals surface area contributed by atoms with Gasteiger partial charge >= 0.3 is 5.56 Å². The molecule has 1 heterocycles. The minimum absolute atomic E-state index is 0.176. The van der Waals surface area contributed by atoms with E-state index in [1.165, 1.54) is 21.5 Å². The van der Waals surface area contributed by atoms with Crippen LogP contribution in [0.4, 0.5) is 5.69 Å². The number of hydrogen-bond donors (Lipinski definition) is 0. The molecule has 100 valence electrons. The van der Waals surface area contributed by atoms with Crippen LogP contribution in [0, 0.1) is 11.8 Å². The summed E-state index contributed by atoms with van der Waals surface area (Å²) in [5.41, 5.74) is -0.0778. The van der Waals surface area contributed by atoms with Gasteiger partial charge in [-0.1, -0.05) is 34.8 Å². The van der Waals surface area contributed by atoms with Crippen molar-refractivity contribution in [1.82, 2.24) is 9.36 Å². The maximum absolute atomic E-state index is 12.1. The Labute approximate surface area is 123 Å². The maximum atomic E-state index is 12.1. The molecule has 0 atom stereocenters. The number of aromatic nitrogens is 2. The predicted molar refractivity (Wildman–Crippen MR) is 76.2 cm³/mol. The van der Waals surface area contributed by atoms with E-state index in [0.29, 0.717) is 10.7 Å². The van der Waals surface area contributed by atoms with Crippen LogP contribution in [-0.4, -0.2) is 9.36 Å². The van der Waals surface area contributed by atoms with E-state index in [4.69, 9.17) is 34.8 Å². The van der Waals surface area contributed by atoms with Crippen LogP contribution >= 0.6 is 34.8 Å². The van der Waals surface area contributed by atoms with Crippen LogP contribution in [0.15, 0.2) is 22.1 Å². The third-order valence-electron chi connectivity index (χ3n) is 2.81. The highest BCUT2D eigenvalue weighted by molar-refractivity contribution is 6.40. The van der Waals surface area contributed by atoms with Crippen molar-refractivity contribution < 1.29 is 0 Å². The highest BCUT2D eigenvalue weighted by Crippen LogP contribution is 2.32. The van der Waals surface area contributed by atoms with Gasteiger partial charge in [0.15, 0.2) is 5.69 Å². The molecule has 0 aliphatic rings. The van der Waals surface area contributed by atoms with Gasteiger partial charge in [-0.3, -0.25) is 9.48 Å². The summed E-state index contributed by atoms with van der Waals surface area (Å²) in [7, 11) is 1.60. The van der Waals surface area contributed by atoms with Crippen LogP contribution in [0.5, 0.6) is 0 Å². The molecule has 0 radical (unpaired) electrons. The van der Waals surface area contributed by atoms with E-state index in [-0.39, 0.29) is 21.4 Å². The molecule has 0 aliphatic carbocycles. The molecule has 0 N–H and O–H groups in total. The SMILES string of the molecule is Cc1c(N=O)c(=O)n(-c2c(Cl)cc(Cl)cc2Cl)n1C. The van der Waals surface area contributed by atoms with Crippen LogP contribution in [-0.2, 0) is 7.05 Å². The van der Waals surface area contributed by atoms with Gasteiger partial charge in [-0.15, -0.1) is 4.91 Å². The van der Waals surface area contributed by atoms with E-state index < -0.39 is 5.56 Å². The standard InChI is InChI=1S/C11H8Cl3N3O2/c1-5-9(15-19)11(18)17(16(5)2)10-7(13)3-6(12)4-8(10)14/h3-4H,1-2H3. The normalized spacial score (nSPS) is 10.8. The van der Waals surface area contributed by atoms with Gasteiger partial charge in [0.25, 0.3) is 0 Å². The van der Waals surface area contributed by atoms with E-state index in [0.717, 1.165) is 0 Å². The Morgan fingerprint density at radius 1 is 1.16 bits per heavy atom. The molecular weight excluding hydrogens is 312 g/mol. The average molecular weight is 321 g/mol. The Morgan fingerprint density at radius 3 is 2.11 bits per heavy atom. The summed E-state index contributed by atoms with van der Waals surface area (Å²) in [5.74, 6) is 0. The fourth-order valence-electron chi connectivity index (χ4n) is 1.79. The summed E-state index contributed by atoms with van der Waals surface area (Å²) in [6, 6.07) is 2.93. The molecule has 5 nitrogen and oxygen atoms in total. The van der Waals surface area contributed by atoms with Crippen molar-refractivity contribution in [3.05, 3.63) is 48.2 Å². The Bertz CT molecular complexity index is 711. The fraction of sp³-hybridized carbons (Fsp3) is 0.182. The molecule has 0 bridgehead atoms. The molecular formula is C11H8Cl3N3O2. The van der Waals surface area contributed by atoms with Crippen molar-refractivity contribution in [2.75, 3.05) is 0 Å². The Hall–Kier alpha value is -1.30. The molecule has 2 aromatic rings. The highest BCUT2D eigenvalue weighted by atomic mass is 35.5. The predicted octanol–water partition coefficient (Wildman–Crippen LogP) is 3.84. The molecule has 0 saturated carbocycles. The molecule has 2 rings (SSSR count). The molecule has 1 aromatic heterocycles. The first-order valence-electron chi connectivity index (χ1n) is 5.15. The highest BCUT2D eigenvalue weighted by Gasteiger charge is 2.20. The van der Waals surface area contributed by atoms with Crippen molar-refractivity contribution in [2.45, 2.75) is 6.92 Å². The third kappa shape index (κ3) is 2.18. The van der Waals surface area contributed by atoms with Crippen molar-refractivity contribution in [2.24, 2.45) is 12.2 Å². The number of hydrogen-bond acceptors (Lipinski definition) is 3. The van der Waals surface area contributed by atoms with Crippen LogP contribution < -0.4 is 5.56 Å². The average Bonchev–Trinajstić information content (AvgIpc) is 2.52. The largest absolute Gasteiger partial charge is 0.301 e. The zero-order chi connectivity index (χ0) is 14.3. The second-order valence-corrected chi connectivity index (χ2v) is 5.13. The van der Waals surface area contributed by atoms with E-state index >= 15 is 0 Å². The van der Waals surface area contributed by atoms with Crippen LogP contribution in [0.2, 0.25) is 15.1 Å².